The molecule has 2 unspecified atom stereocenters. The summed E-state index contributed by atoms with van der Waals surface area (Å²) in [6.45, 7) is 4.30. The molecule has 1 heterocycles. The molecule has 3 heteroatoms. The number of carbonyl (C=O) groups is 1. The van der Waals surface area contributed by atoms with Gasteiger partial charge < -0.3 is 5.11 Å². The van der Waals surface area contributed by atoms with E-state index in [9.17, 15) is 4.79 Å². The van der Waals surface area contributed by atoms with E-state index in [1.165, 1.54) is 11.1 Å². The van der Waals surface area contributed by atoms with Crippen LogP contribution in [-0.2, 0) is 0 Å². The van der Waals surface area contributed by atoms with E-state index in [1.54, 1.807) is 6.07 Å². The van der Waals surface area contributed by atoms with E-state index >= 15 is 0 Å². The molecule has 0 bridgehead atoms. The first kappa shape index (κ1) is 11.1. The molecule has 0 saturated heterocycles. The lowest BCUT2D eigenvalue weighted by Gasteiger charge is -2.22. The van der Waals surface area contributed by atoms with E-state index in [0.29, 0.717) is 17.6 Å². The predicted molar refractivity (Wildman–Crippen MR) is 62.6 cm³/mol. The zero-order chi connectivity index (χ0) is 11.9. The summed E-state index contributed by atoms with van der Waals surface area (Å²) in [5.41, 5.74) is 2.83. The van der Waals surface area contributed by atoms with Crippen molar-refractivity contribution in [2.75, 3.05) is 7.05 Å². The highest BCUT2D eigenvalue weighted by Gasteiger charge is 2.32. The van der Waals surface area contributed by atoms with Crippen LogP contribution >= 0.6 is 0 Å². The molecular weight excluding hydrogens is 202 g/mol. The maximum Gasteiger partial charge on any atom is 0.335 e. The van der Waals surface area contributed by atoms with Gasteiger partial charge in [-0.1, -0.05) is 13.0 Å². The molecule has 0 spiro atoms. The highest BCUT2D eigenvalue weighted by atomic mass is 16.4. The van der Waals surface area contributed by atoms with Crippen LogP contribution in [0.4, 0.5) is 0 Å². The molecule has 0 radical (unpaired) electrons. The Morgan fingerprint density at radius 1 is 1.44 bits per heavy atom. The quantitative estimate of drug-likeness (QED) is 0.831. The van der Waals surface area contributed by atoms with Gasteiger partial charge in [0, 0.05) is 12.1 Å². The lowest BCUT2D eigenvalue weighted by molar-refractivity contribution is 0.0696. The zero-order valence-electron chi connectivity index (χ0n) is 9.90. The number of fused-ring (bicyclic) bond motifs is 1. The lowest BCUT2D eigenvalue weighted by Crippen LogP contribution is -2.18. The SMILES string of the molecule is CCC1c2cc(C(=O)O)ccc2C(C)N1C. The normalized spacial score (nSPS) is 24.4. The van der Waals surface area contributed by atoms with Crippen LogP contribution in [0.1, 0.15) is 53.8 Å². The van der Waals surface area contributed by atoms with Crippen molar-refractivity contribution in [3.63, 3.8) is 0 Å². The van der Waals surface area contributed by atoms with E-state index in [2.05, 4.69) is 25.8 Å². The average Bonchev–Trinajstić information content (AvgIpc) is 2.51. The van der Waals surface area contributed by atoms with Crippen LogP contribution in [0.25, 0.3) is 0 Å². The summed E-state index contributed by atoms with van der Waals surface area (Å²) in [6.07, 6.45) is 1.01. The predicted octanol–water partition coefficient (Wildman–Crippen LogP) is 2.84. The molecule has 0 saturated carbocycles. The molecule has 0 fully saturated rings. The smallest absolute Gasteiger partial charge is 0.335 e. The Morgan fingerprint density at radius 3 is 2.69 bits per heavy atom. The van der Waals surface area contributed by atoms with Gasteiger partial charge >= 0.3 is 5.97 Å². The van der Waals surface area contributed by atoms with Gasteiger partial charge in [-0.05, 0) is 43.7 Å². The Labute approximate surface area is 95.7 Å². The lowest BCUT2D eigenvalue weighted by atomic mass is 9.98. The third-order valence-corrected chi connectivity index (χ3v) is 3.63. The van der Waals surface area contributed by atoms with E-state index in [-0.39, 0.29) is 0 Å². The fourth-order valence-electron chi connectivity index (χ4n) is 2.59. The van der Waals surface area contributed by atoms with Crippen LogP contribution < -0.4 is 0 Å². The van der Waals surface area contributed by atoms with Crippen molar-refractivity contribution < 1.29 is 9.90 Å². The molecule has 86 valence electrons. The van der Waals surface area contributed by atoms with Crippen molar-refractivity contribution in [2.24, 2.45) is 0 Å². The van der Waals surface area contributed by atoms with Gasteiger partial charge in [0.1, 0.15) is 0 Å². The molecule has 1 aliphatic rings. The summed E-state index contributed by atoms with van der Waals surface area (Å²) in [6, 6.07) is 6.21. The van der Waals surface area contributed by atoms with Crippen LogP contribution in [0, 0.1) is 0 Å². The summed E-state index contributed by atoms with van der Waals surface area (Å²) >= 11 is 0. The summed E-state index contributed by atoms with van der Waals surface area (Å²) < 4.78 is 0. The van der Waals surface area contributed by atoms with Gasteiger partial charge in [0.25, 0.3) is 0 Å². The van der Waals surface area contributed by atoms with Crippen molar-refractivity contribution in [3.05, 3.63) is 34.9 Å². The number of aromatic carboxylic acids is 1. The van der Waals surface area contributed by atoms with Crippen LogP contribution in [0.3, 0.4) is 0 Å². The second-order valence-corrected chi connectivity index (χ2v) is 4.41. The molecule has 16 heavy (non-hydrogen) atoms. The van der Waals surface area contributed by atoms with E-state index in [1.807, 2.05) is 12.1 Å². The maximum absolute atomic E-state index is 10.9. The minimum atomic E-state index is -0.847. The van der Waals surface area contributed by atoms with Gasteiger partial charge in [0.05, 0.1) is 5.56 Å². The van der Waals surface area contributed by atoms with Gasteiger partial charge in [-0.3, -0.25) is 4.90 Å². The number of hydrogen-bond acceptors (Lipinski definition) is 2. The summed E-state index contributed by atoms with van der Waals surface area (Å²) in [7, 11) is 2.10. The van der Waals surface area contributed by atoms with Gasteiger partial charge in [-0.15, -0.1) is 0 Å². The second kappa shape index (κ2) is 3.91. The minimum Gasteiger partial charge on any atom is -0.478 e. The first-order valence-electron chi connectivity index (χ1n) is 5.65. The summed E-state index contributed by atoms with van der Waals surface area (Å²) in [5.74, 6) is -0.847. The third-order valence-electron chi connectivity index (χ3n) is 3.63. The van der Waals surface area contributed by atoms with Crippen molar-refractivity contribution in [3.8, 4) is 0 Å². The Morgan fingerprint density at radius 2 is 2.12 bits per heavy atom. The Kier molecular flexibility index (Phi) is 2.72. The molecule has 2 rings (SSSR count). The topological polar surface area (TPSA) is 40.5 Å². The molecule has 1 aromatic carbocycles. The van der Waals surface area contributed by atoms with Crippen molar-refractivity contribution in [1.82, 2.24) is 4.90 Å². The Bertz CT molecular complexity index is 428. The van der Waals surface area contributed by atoms with Crippen LogP contribution in [0.5, 0.6) is 0 Å². The monoisotopic (exact) mass is 219 g/mol. The van der Waals surface area contributed by atoms with Crippen LogP contribution in [0.2, 0.25) is 0 Å². The fraction of sp³-hybridized carbons (Fsp3) is 0.462. The van der Waals surface area contributed by atoms with E-state index in [4.69, 9.17) is 5.11 Å². The highest BCUT2D eigenvalue weighted by molar-refractivity contribution is 5.88. The number of benzene rings is 1. The molecule has 0 amide bonds. The van der Waals surface area contributed by atoms with Crippen molar-refractivity contribution in [2.45, 2.75) is 32.4 Å². The zero-order valence-corrected chi connectivity index (χ0v) is 9.90. The second-order valence-electron chi connectivity index (χ2n) is 4.41. The average molecular weight is 219 g/mol. The van der Waals surface area contributed by atoms with Crippen molar-refractivity contribution >= 4 is 5.97 Å². The largest absolute Gasteiger partial charge is 0.478 e. The molecule has 3 nitrogen and oxygen atoms in total. The van der Waals surface area contributed by atoms with E-state index in [0.717, 1.165) is 6.42 Å². The molecule has 1 N–H and O–H groups in total. The van der Waals surface area contributed by atoms with Crippen LogP contribution in [0.15, 0.2) is 18.2 Å². The number of rotatable bonds is 2. The third kappa shape index (κ3) is 1.52. The molecular formula is C13H17NO2. The molecule has 0 aliphatic carbocycles. The van der Waals surface area contributed by atoms with Crippen molar-refractivity contribution in [1.29, 1.82) is 0 Å². The first-order chi connectivity index (χ1) is 7.56. The van der Waals surface area contributed by atoms with Gasteiger partial charge in [0.2, 0.25) is 0 Å². The number of carboxylic acid groups (broad SMARTS) is 1. The maximum atomic E-state index is 10.9. The van der Waals surface area contributed by atoms with Gasteiger partial charge in [-0.2, -0.15) is 0 Å². The fourth-order valence-corrected chi connectivity index (χ4v) is 2.59. The van der Waals surface area contributed by atoms with Crippen LogP contribution in [-0.4, -0.2) is 23.0 Å². The summed E-state index contributed by atoms with van der Waals surface area (Å²) in [4.78, 5) is 13.2. The summed E-state index contributed by atoms with van der Waals surface area (Å²) in [5, 5.41) is 8.99. The first-order valence-corrected chi connectivity index (χ1v) is 5.65. The minimum absolute atomic E-state index is 0.351. The number of carboxylic acids is 1. The molecule has 0 aromatic heterocycles. The standard InChI is InChI=1S/C13H17NO2/c1-4-12-11-7-9(13(15)16)5-6-10(11)8(2)14(12)3/h5-8,12H,4H2,1-3H3,(H,15,16). The van der Waals surface area contributed by atoms with Gasteiger partial charge in [-0.25, -0.2) is 4.79 Å². The van der Waals surface area contributed by atoms with E-state index < -0.39 is 5.97 Å². The number of nitrogens with zero attached hydrogens (tertiary/aromatic N) is 1. The number of hydrogen-bond donors (Lipinski definition) is 1. The molecule has 1 aliphatic heterocycles. The molecule has 2 atom stereocenters. The Hall–Kier alpha value is -1.35. The highest BCUT2D eigenvalue weighted by Crippen LogP contribution is 2.42. The molecule has 1 aromatic rings. The van der Waals surface area contributed by atoms with Gasteiger partial charge in [0.15, 0.2) is 0 Å². The Balaban J connectivity index is 2.51.